The van der Waals surface area contributed by atoms with Crippen LogP contribution >= 0.6 is 0 Å². The molecule has 0 radical (unpaired) electrons. The Labute approximate surface area is 113 Å². The summed E-state index contributed by atoms with van der Waals surface area (Å²) >= 11 is 0. The second-order valence-electron chi connectivity index (χ2n) is 3.96. The van der Waals surface area contributed by atoms with Gasteiger partial charge in [-0.2, -0.15) is 0 Å². The number of aliphatic hydroxyl groups is 2. The molecule has 0 aliphatic heterocycles. The van der Waals surface area contributed by atoms with Gasteiger partial charge >= 0.3 is 0 Å². The van der Waals surface area contributed by atoms with Gasteiger partial charge in [0.15, 0.2) is 0 Å². The molecular weight excluding hydrogens is 242 g/mol. The van der Waals surface area contributed by atoms with E-state index >= 15 is 0 Å². The lowest BCUT2D eigenvalue weighted by Gasteiger charge is -2.19. The lowest BCUT2D eigenvalue weighted by Crippen LogP contribution is -2.33. The third-order valence-corrected chi connectivity index (χ3v) is 2.62. The van der Waals surface area contributed by atoms with Crippen molar-refractivity contribution in [3.05, 3.63) is 35.4 Å². The number of hydrogen-bond donors (Lipinski definition) is 2. The van der Waals surface area contributed by atoms with Crippen LogP contribution in [0.4, 0.5) is 0 Å². The molecule has 1 rings (SSSR count). The summed E-state index contributed by atoms with van der Waals surface area (Å²) in [6.45, 7) is 2.75. The van der Waals surface area contributed by atoms with E-state index in [9.17, 15) is 4.79 Å². The van der Waals surface area contributed by atoms with Gasteiger partial charge in [-0.05, 0) is 25.1 Å². The van der Waals surface area contributed by atoms with Crippen molar-refractivity contribution in [2.45, 2.75) is 13.3 Å². The number of nitrogens with zero attached hydrogens (tertiary/aromatic N) is 1. The second kappa shape index (κ2) is 8.30. The maximum Gasteiger partial charge on any atom is 0.253 e. The Kier molecular flexibility index (Phi) is 6.65. The number of hydrogen-bond acceptors (Lipinski definition) is 3. The molecule has 0 fully saturated rings. The molecule has 0 bridgehead atoms. The summed E-state index contributed by atoms with van der Waals surface area (Å²) in [4.78, 5) is 13.8. The van der Waals surface area contributed by atoms with Gasteiger partial charge in [-0.3, -0.25) is 4.79 Å². The monoisotopic (exact) mass is 261 g/mol. The molecule has 19 heavy (non-hydrogen) atoms. The molecule has 0 aliphatic carbocycles. The van der Waals surface area contributed by atoms with Gasteiger partial charge in [-0.15, -0.1) is 0 Å². The molecule has 0 saturated heterocycles. The average Bonchev–Trinajstić information content (AvgIpc) is 2.44. The van der Waals surface area contributed by atoms with Crippen LogP contribution in [0.3, 0.4) is 0 Å². The summed E-state index contributed by atoms with van der Waals surface area (Å²) in [6.07, 6.45) is 0.420. The minimum absolute atomic E-state index is 0.0335. The van der Waals surface area contributed by atoms with Crippen LogP contribution in [0.5, 0.6) is 0 Å². The van der Waals surface area contributed by atoms with Crippen LogP contribution in [-0.4, -0.2) is 47.3 Å². The molecule has 4 nitrogen and oxygen atoms in total. The molecule has 102 valence electrons. The van der Waals surface area contributed by atoms with Gasteiger partial charge in [0.1, 0.15) is 0 Å². The highest BCUT2D eigenvalue weighted by Crippen LogP contribution is 2.08. The summed E-state index contributed by atoms with van der Waals surface area (Å²) in [5, 5.41) is 17.6. The van der Waals surface area contributed by atoms with E-state index in [1.54, 1.807) is 23.1 Å². The normalized spacial score (nSPS) is 9.63. The zero-order chi connectivity index (χ0) is 14.1. The fraction of sp³-hybridized carbons (Fsp3) is 0.400. The Bertz CT molecular complexity index is 474. The fourth-order valence-electron chi connectivity index (χ4n) is 1.66. The smallest absolute Gasteiger partial charge is 0.253 e. The maximum absolute atomic E-state index is 12.2. The van der Waals surface area contributed by atoms with E-state index in [4.69, 9.17) is 10.2 Å². The van der Waals surface area contributed by atoms with Crippen LogP contribution in [0.2, 0.25) is 0 Å². The van der Waals surface area contributed by atoms with E-state index in [0.717, 1.165) is 5.56 Å². The summed E-state index contributed by atoms with van der Waals surface area (Å²) in [7, 11) is 0. The molecule has 1 amide bonds. The van der Waals surface area contributed by atoms with E-state index in [1.165, 1.54) is 0 Å². The van der Waals surface area contributed by atoms with Crippen molar-refractivity contribution in [2.75, 3.05) is 26.3 Å². The number of likely N-dealkylation sites (N-methyl/N-ethyl adjacent to an activating group) is 1. The van der Waals surface area contributed by atoms with Crippen LogP contribution in [0.1, 0.15) is 29.3 Å². The van der Waals surface area contributed by atoms with Crippen molar-refractivity contribution in [3.8, 4) is 11.8 Å². The van der Waals surface area contributed by atoms with Crippen molar-refractivity contribution >= 4 is 5.91 Å². The minimum atomic E-state index is -0.109. The zero-order valence-electron chi connectivity index (χ0n) is 11.1. The summed E-state index contributed by atoms with van der Waals surface area (Å²) in [6, 6.07) is 7.07. The highest BCUT2D eigenvalue weighted by molar-refractivity contribution is 5.94. The van der Waals surface area contributed by atoms with Gasteiger partial charge in [0.25, 0.3) is 5.91 Å². The number of aliphatic hydroxyl groups excluding tert-OH is 2. The first-order valence-electron chi connectivity index (χ1n) is 6.32. The third kappa shape index (κ3) is 4.74. The van der Waals surface area contributed by atoms with Crippen molar-refractivity contribution in [1.29, 1.82) is 0 Å². The van der Waals surface area contributed by atoms with E-state index < -0.39 is 0 Å². The SMILES string of the molecule is CCN(CCO)C(=O)c1cccc(C#CCCO)c1. The Morgan fingerprint density at radius 3 is 2.74 bits per heavy atom. The van der Waals surface area contributed by atoms with Gasteiger partial charge in [0, 0.05) is 30.6 Å². The van der Waals surface area contributed by atoms with Crippen LogP contribution in [0.15, 0.2) is 24.3 Å². The van der Waals surface area contributed by atoms with Crippen LogP contribution in [0, 0.1) is 11.8 Å². The zero-order valence-corrected chi connectivity index (χ0v) is 11.1. The summed E-state index contributed by atoms with van der Waals surface area (Å²) in [5.74, 6) is 5.61. The molecule has 0 aromatic heterocycles. The molecule has 0 aliphatic rings. The topological polar surface area (TPSA) is 60.8 Å². The average molecular weight is 261 g/mol. The fourth-order valence-corrected chi connectivity index (χ4v) is 1.66. The summed E-state index contributed by atoms with van der Waals surface area (Å²) in [5.41, 5.74) is 1.31. The van der Waals surface area contributed by atoms with Crippen LogP contribution in [0.25, 0.3) is 0 Å². The van der Waals surface area contributed by atoms with E-state index in [2.05, 4.69) is 11.8 Å². The molecule has 1 aromatic rings. The predicted molar refractivity (Wildman–Crippen MR) is 73.7 cm³/mol. The van der Waals surface area contributed by atoms with Crippen molar-refractivity contribution in [2.24, 2.45) is 0 Å². The largest absolute Gasteiger partial charge is 0.395 e. The van der Waals surface area contributed by atoms with Gasteiger partial charge in [-0.25, -0.2) is 0 Å². The van der Waals surface area contributed by atoms with E-state index in [1.807, 2.05) is 13.0 Å². The first kappa shape index (κ1) is 15.2. The lowest BCUT2D eigenvalue weighted by molar-refractivity contribution is 0.0732. The summed E-state index contributed by atoms with van der Waals surface area (Å²) < 4.78 is 0. The molecule has 1 aromatic carbocycles. The highest BCUT2D eigenvalue weighted by Gasteiger charge is 2.13. The molecule has 0 spiro atoms. The van der Waals surface area contributed by atoms with Gasteiger partial charge in [0.2, 0.25) is 0 Å². The molecule has 0 saturated carbocycles. The third-order valence-electron chi connectivity index (χ3n) is 2.62. The van der Waals surface area contributed by atoms with Crippen molar-refractivity contribution in [1.82, 2.24) is 4.90 Å². The standard InChI is InChI=1S/C15H19NO3/c1-2-16(9-11-18)15(19)14-8-5-7-13(12-14)6-3-4-10-17/h5,7-8,12,17-18H,2,4,9-11H2,1H3. The van der Waals surface area contributed by atoms with Crippen molar-refractivity contribution < 1.29 is 15.0 Å². The molecule has 0 heterocycles. The quantitative estimate of drug-likeness (QED) is 0.773. The van der Waals surface area contributed by atoms with Crippen LogP contribution < -0.4 is 0 Å². The number of amides is 1. The van der Waals surface area contributed by atoms with Gasteiger partial charge in [-0.1, -0.05) is 17.9 Å². The minimum Gasteiger partial charge on any atom is -0.395 e. The Balaban J connectivity index is 2.86. The first-order valence-corrected chi connectivity index (χ1v) is 6.32. The molecule has 2 N–H and O–H groups in total. The van der Waals surface area contributed by atoms with Crippen LogP contribution in [-0.2, 0) is 0 Å². The first-order chi connectivity index (χ1) is 9.22. The maximum atomic E-state index is 12.2. The van der Waals surface area contributed by atoms with E-state index in [-0.39, 0.29) is 19.1 Å². The lowest BCUT2D eigenvalue weighted by atomic mass is 10.1. The second-order valence-corrected chi connectivity index (χ2v) is 3.96. The molecule has 0 atom stereocenters. The number of benzene rings is 1. The Morgan fingerprint density at radius 2 is 2.11 bits per heavy atom. The van der Waals surface area contributed by atoms with Gasteiger partial charge < -0.3 is 15.1 Å². The van der Waals surface area contributed by atoms with Gasteiger partial charge in [0.05, 0.1) is 13.2 Å². The van der Waals surface area contributed by atoms with E-state index in [0.29, 0.717) is 25.1 Å². The number of rotatable bonds is 5. The molecule has 0 unspecified atom stereocenters. The highest BCUT2D eigenvalue weighted by atomic mass is 16.3. The predicted octanol–water partition coefficient (Wildman–Crippen LogP) is 0.875. The molecular formula is C15H19NO3. The number of carbonyl (C=O) groups excluding carboxylic acids is 1. The number of carbonyl (C=O) groups is 1. The Hall–Kier alpha value is -1.83. The molecule has 4 heteroatoms. The Morgan fingerprint density at radius 1 is 1.32 bits per heavy atom. The van der Waals surface area contributed by atoms with Crippen molar-refractivity contribution in [3.63, 3.8) is 0 Å².